The monoisotopic (exact) mass is 340 g/mol. The van der Waals surface area contributed by atoms with Gasteiger partial charge in [0, 0.05) is 11.1 Å². The fourth-order valence-electron chi connectivity index (χ4n) is 3.04. The van der Waals surface area contributed by atoms with E-state index in [2.05, 4.69) is 13.0 Å². The quantitative estimate of drug-likeness (QED) is 0.735. The Balaban J connectivity index is 2.01. The predicted molar refractivity (Wildman–Crippen MR) is 99.1 cm³/mol. The lowest BCUT2D eigenvalue weighted by atomic mass is 9.95. The van der Waals surface area contributed by atoms with Gasteiger partial charge in [0.25, 0.3) is 0 Å². The second-order valence-corrected chi connectivity index (χ2v) is 5.82. The van der Waals surface area contributed by atoms with Gasteiger partial charge in [-0.3, -0.25) is 0 Å². The molecule has 0 amide bonds. The number of rotatable bonds is 6. The number of fused-ring (bicyclic) bond motifs is 1. The highest BCUT2D eigenvalue weighted by Gasteiger charge is 2.24. The van der Waals surface area contributed by atoms with E-state index in [1.807, 2.05) is 43.3 Å². The number of ether oxygens (including phenoxy) is 4. The molecular weight excluding hydrogens is 316 g/mol. The minimum Gasteiger partial charge on any atom is -0.494 e. The van der Waals surface area contributed by atoms with Crippen LogP contribution in [0.1, 0.15) is 43.1 Å². The van der Waals surface area contributed by atoms with Crippen molar-refractivity contribution < 1.29 is 18.9 Å². The standard InChI is InChI=1S/C21H24O4/c1-5-18-17-13-21(23-4)20(22-3)12-15(17)11-19(25-18)14-7-9-16(10-8-14)24-6-2/h7-13,18H,5-6H2,1-4H3. The third kappa shape index (κ3) is 3.43. The summed E-state index contributed by atoms with van der Waals surface area (Å²) in [5.41, 5.74) is 3.25. The van der Waals surface area contributed by atoms with E-state index in [9.17, 15) is 0 Å². The van der Waals surface area contributed by atoms with Crippen LogP contribution in [0.4, 0.5) is 0 Å². The molecule has 0 fully saturated rings. The summed E-state index contributed by atoms with van der Waals surface area (Å²) in [4.78, 5) is 0. The summed E-state index contributed by atoms with van der Waals surface area (Å²) < 4.78 is 22.6. The molecule has 0 aliphatic carbocycles. The first-order valence-corrected chi connectivity index (χ1v) is 8.57. The van der Waals surface area contributed by atoms with E-state index in [4.69, 9.17) is 18.9 Å². The van der Waals surface area contributed by atoms with Crippen molar-refractivity contribution in [3.8, 4) is 17.2 Å². The molecule has 3 rings (SSSR count). The Morgan fingerprint density at radius 2 is 1.64 bits per heavy atom. The molecule has 0 spiro atoms. The van der Waals surface area contributed by atoms with Crippen molar-refractivity contribution in [3.05, 3.63) is 53.1 Å². The van der Waals surface area contributed by atoms with Crippen molar-refractivity contribution in [2.24, 2.45) is 0 Å². The van der Waals surface area contributed by atoms with Gasteiger partial charge in [0.1, 0.15) is 17.6 Å². The van der Waals surface area contributed by atoms with E-state index < -0.39 is 0 Å². The van der Waals surface area contributed by atoms with Crippen molar-refractivity contribution in [2.75, 3.05) is 20.8 Å². The van der Waals surface area contributed by atoms with E-state index in [-0.39, 0.29) is 6.10 Å². The van der Waals surface area contributed by atoms with Gasteiger partial charge in [-0.2, -0.15) is 0 Å². The topological polar surface area (TPSA) is 36.9 Å². The Hall–Kier alpha value is -2.62. The third-order valence-electron chi connectivity index (χ3n) is 4.31. The molecule has 0 aromatic heterocycles. The van der Waals surface area contributed by atoms with Gasteiger partial charge in [-0.15, -0.1) is 0 Å². The van der Waals surface area contributed by atoms with Crippen LogP contribution in [0.3, 0.4) is 0 Å². The van der Waals surface area contributed by atoms with Crippen molar-refractivity contribution in [2.45, 2.75) is 26.4 Å². The molecule has 0 radical (unpaired) electrons. The molecule has 0 saturated carbocycles. The first-order valence-electron chi connectivity index (χ1n) is 8.57. The van der Waals surface area contributed by atoms with E-state index in [1.165, 1.54) is 0 Å². The molecule has 0 saturated heterocycles. The number of benzene rings is 2. The maximum atomic E-state index is 6.24. The first-order chi connectivity index (χ1) is 12.2. The van der Waals surface area contributed by atoms with Crippen LogP contribution < -0.4 is 14.2 Å². The van der Waals surface area contributed by atoms with Gasteiger partial charge in [0.15, 0.2) is 11.5 Å². The van der Waals surface area contributed by atoms with Crippen LogP contribution >= 0.6 is 0 Å². The summed E-state index contributed by atoms with van der Waals surface area (Å²) in [6.07, 6.45) is 2.91. The van der Waals surface area contributed by atoms with Crippen molar-refractivity contribution in [1.29, 1.82) is 0 Å². The zero-order valence-electron chi connectivity index (χ0n) is 15.2. The minimum absolute atomic E-state index is 0.0126. The number of methoxy groups -OCH3 is 2. The van der Waals surface area contributed by atoms with Gasteiger partial charge in [0.05, 0.1) is 20.8 Å². The van der Waals surface area contributed by atoms with E-state index in [0.29, 0.717) is 6.61 Å². The van der Waals surface area contributed by atoms with Crippen molar-refractivity contribution >= 4 is 11.8 Å². The zero-order chi connectivity index (χ0) is 17.8. The first kappa shape index (κ1) is 17.2. The molecule has 1 heterocycles. The highest BCUT2D eigenvalue weighted by molar-refractivity contribution is 5.81. The van der Waals surface area contributed by atoms with Crippen LogP contribution in [0.15, 0.2) is 36.4 Å². The molecule has 2 aromatic carbocycles. The summed E-state index contributed by atoms with van der Waals surface area (Å²) in [6.45, 7) is 4.75. The second kappa shape index (κ2) is 7.51. The molecule has 4 nitrogen and oxygen atoms in total. The highest BCUT2D eigenvalue weighted by atomic mass is 16.5. The highest BCUT2D eigenvalue weighted by Crippen LogP contribution is 2.42. The molecule has 0 bridgehead atoms. The van der Waals surface area contributed by atoms with Gasteiger partial charge in [-0.25, -0.2) is 0 Å². The molecule has 1 aliphatic rings. The van der Waals surface area contributed by atoms with E-state index >= 15 is 0 Å². The fourth-order valence-corrected chi connectivity index (χ4v) is 3.04. The molecule has 25 heavy (non-hydrogen) atoms. The summed E-state index contributed by atoms with van der Waals surface area (Å²) >= 11 is 0. The predicted octanol–water partition coefficient (Wildman–Crippen LogP) is 5.08. The summed E-state index contributed by atoms with van der Waals surface area (Å²) in [7, 11) is 3.30. The Morgan fingerprint density at radius 3 is 2.24 bits per heavy atom. The molecule has 1 atom stereocenters. The summed E-state index contributed by atoms with van der Waals surface area (Å²) in [5.74, 6) is 3.16. The lowest BCUT2D eigenvalue weighted by molar-refractivity contribution is 0.162. The third-order valence-corrected chi connectivity index (χ3v) is 4.31. The largest absolute Gasteiger partial charge is 0.494 e. The Kier molecular flexibility index (Phi) is 5.17. The van der Waals surface area contributed by atoms with Gasteiger partial charge >= 0.3 is 0 Å². The van der Waals surface area contributed by atoms with Crippen molar-refractivity contribution in [1.82, 2.24) is 0 Å². The van der Waals surface area contributed by atoms with Gasteiger partial charge in [-0.1, -0.05) is 6.92 Å². The molecule has 0 N–H and O–H groups in total. The molecule has 1 unspecified atom stereocenters. The van der Waals surface area contributed by atoms with Crippen LogP contribution in [0, 0.1) is 0 Å². The average molecular weight is 340 g/mol. The van der Waals surface area contributed by atoms with Crippen LogP contribution in [0.2, 0.25) is 0 Å². The van der Waals surface area contributed by atoms with Crippen LogP contribution in [0.5, 0.6) is 17.2 Å². The number of hydrogen-bond donors (Lipinski definition) is 0. The van der Waals surface area contributed by atoms with E-state index in [1.54, 1.807) is 14.2 Å². The Morgan fingerprint density at radius 1 is 0.960 bits per heavy atom. The van der Waals surface area contributed by atoms with Crippen LogP contribution in [0.25, 0.3) is 11.8 Å². The van der Waals surface area contributed by atoms with Crippen LogP contribution in [-0.2, 0) is 4.74 Å². The minimum atomic E-state index is -0.0126. The fraction of sp³-hybridized carbons (Fsp3) is 0.333. The second-order valence-electron chi connectivity index (χ2n) is 5.82. The maximum Gasteiger partial charge on any atom is 0.161 e. The molecule has 2 aromatic rings. The van der Waals surface area contributed by atoms with Gasteiger partial charge in [0.2, 0.25) is 0 Å². The lowest BCUT2D eigenvalue weighted by Crippen LogP contribution is -2.10. The smallest absolute Gasteiger partial charge is 0.161 e. The molecule has 132 valence electrons. The van der Waals surface area contributed by atoms with Crippen molar-refractivity contribution in [3.63, 3.8) is 0 Å². The normalized spacial score (nSPS) is 15.7. The Bertz CT molecular complexity index is 762. The molecular formula is C21H24O4. The lowest BCUT2D eigenvalue weighted by Gasteiger charge is -2.27. The van der Waals surface area contributed by atoms with Gasteiger partial charge < -0.3 is 18.9 Å². The summed E-state index contributed by atoms with van der Waals surface area (Å²) in [5, 5.41) is 0. The zero-order valence-corrected chi connectivity index (χ0v) is 15.2. The maximum absolute atomic E-state index is 6.24. The Labute approximate surface area is 149 Å². The molecule has 4 heteroatoms. The molecule has 1 aliphatic heterocycles. The van der Waals surface area contributed by atoms with E-state index in [0.717, 1.165) is 46.1 Å². The SMILES string of the molecule is CCOc1ccc(C2=Cc3cc(OC)c(OC)cc3C(CC)O2)cc1. The number of hydrogen-bond acceptors (Lipinski definition) is 4. The van der Waals surface area contributed by atoms with Gasteiger partial charge in [-0.05, 0) is 61.4 Å². The summed E-state index contributed by atoms with van der Waals surface area (Å²) in [6, 6.07) is 12.0. The average Bonchev–Trinajstić information content (AvgIpc) is 2.66. The van der Waals surface area contributed by atoms with Crippen LogP contribution in [-0.4, -0.2) is 20.8 Å².